The zero-order valence-corrected chi connectivity index (χ0v) is 11.2. The van der Waals surface area contributed by atoms with Crippen molar-refractivity contribution in [3.63, 3.8) is 0 Å². The number of fused-ring (bicyclic) bond motifs is 1. The molecule has 1 heterocycles. The first-order valence-electron chi connectivity index (χ1n) is 6.60. The topological polar surface area (TPSA) is 42.4 Å². The summed E-state index contributed by atoms with van der Waals surface area (Å²) < 4.78 is 5.48. The van der Waals surface area contributed by atoms with Crippen LogP contribution in [0.3, 0.4) is 0 Å². The van der Waals surface area contributed by atoms with Crippen LogP contribution in [0.25, 0.3) is 22.2 Å². The molecule has 0 spiro atoms. The lowest BCUT2D eigenvalue weighted by molar-refractivity contribution is 0.340. The second kappa shape index (κ2) is 5.21. The van der Waals surface area contributed by atoms with Crippen molar-refractivity contribution in [1.29, 1.82) is 0 Å². The molecule has 0 aliphatic carbocycles. The maximum absolute atomic E-state index is 10.2. The molecule has 0 aliphatic heterocycles. The smallest absolute Gasteiger partial charge is 0.127 e. The molecule has 0 saturated heterocycles. The van der Waals surface area contributed by atoms with Crippen LogP contribution in [-0.2, 0) is 0 Å². The molecule has 1 aromatic heterocycles. The molecule has 0 saturated carbocycles. The number of ether oxygens (including phenoxy) is 1. The van der Waals surface area contributed by atoms with Crippen molar-refractivity contribution >= 4 is 10.9 Å². The molecule has 0 unspecified atom stereocenters. The van der Waals surface area contributed by atoms with E-state index in [2.05, 4.69) is 4.98 Å². The molecule has 0 aliphatic rings. The van der Waals surface area contributed by atoms with Crippen LogP contribution in [0.2, 0.25) is 0 Å². The lowest BCUT2D eigenvalue weighted by atomic mass is 10.1. The molecule has 0 atom stereocenters. The van der Waals surface area contributed by atoms with E-state index in [0.717, 1.165) is 27.9 Å². The van der Waals surface area contributed by atoms with Crippen molar-refractivity contribution in [1.82, 2.24) is 4.98 Å². The van der Waals surface area contributed by atoms with Gasteiger partial charge in [0.25, 0.3) is 0 Å². The number of rotatable bonds is 3. The van der Waals surface area contributed by atoms with Crippen LogP contribution in [0.15, 0.2) is 54.6 Å². The Morgan fingerprint density at radius 1 is 1.05 bits per heavy atom. The number of hydrogen-bond acceptors (Lipinski definition) is 3. The van der Waals surface area contributed by atoms with Gasteiger partial charge in [-0.3, -0.25) is 0 Å². The first-order valence-corrected chi connectivity index (χ1v) is 6.60. The van der Waals surface area contributed by atoms with Crippen molar-refractivity contribution in [3.8, 4) is 22.8 Å². The second-order valence-corrected chi connectivity index (χ2v) is 4.50. The van der Waals surface area contributed by atoms with E-state index in [9.17, 15) is 5.11 Å². The number of benzene rings is 2. The molecule has 20 heavy (non-hydrogen) atoms. The molecule has 2 aromatic carbocycles. The Bertz CT molecular complexity index is 739. The minimum atomic E-state index is 0.233. The number of aromatic nitrogens is 1. The molecule has 3 nitrogen and oxygen atoms in total. The number of nitrogens with zero attached hydrogens (tertiary/aromatic N) is 1. The first-order chi connectivity index (χ1) is 9.78. The van der Waals surface area contributed by atoms with Crippen LogP contribution in [0.1, 0.15) is 6.92 Å². The Morgan fingerprint density at radius 3 is 2.60 bits per heavy atom. The van der Waals surface area contributed by atoms with Gasteiger partial charge in [0.05, 0.1) is 17.8 Å². The fourth-order valence-electron chi connectivity index (χ4n) is 2.20. The van der Waals surface area contributed by atoms with Crippen LogP contribution in [-0.4, -0.2) is 16.7 Å². The highest BCUT2D eigenvalue weighted by Crippen LogP contribution is 2.31. The molecule has 100 valence electrons. The maximum Gasteiger partial charge on any atom is 0.127 e. The molecule has 3 aromatic rings. The first kappa shape index (κ1) is 12.5. The summed E-state index contributed by atoms with van der Waals surface area (Å²) in [5.41, 5.74) is 2.46. The molecular weight excluding hydrogens is 250 g/mol. The van der Waals surface area contributed by atoms with E-state index in [1.165, 1.54) is 0 Å². The van der Waals surface area contributed by atoms with Gasteiger partial charge in [-0.25, -0.2) is 4.98 Å². The average molecular weight is 265 g/mol. The van der Waals surface area contributed by atoms with Crippen LogP contribution >= 0.6 is 0 Å². The zero-order valence-electron chi connectivity index (χ0n) is 11.2. The third-order valence-corrected chi connectivity index (χ3v) is 3.14. The van der Waals surface area contributed by atoms with Gasteiger partial charge in [0, 0.05) is 23.1 Å². The van der Waals surface area contributed by atoms with E-state index in [0.29, 0.717) is 6.61 Å². The molecule has 0 bridgehead atoms. The highest BCUT2D eigenvalue weighted by atomic mass is 16.5. The van der Waals surface area contributed by atoms with Gasteiger partial charge >= 0.3 is 0 Å². The van der Waals surface area contributed by atoms with Gasteiger partial charge in [-0.1, -0.05) is 30.3 Å². The fraction of sp³-hybridized carbons (Fsp3) is 0.118. The highest BCUT2D eigenvalue weighted by molar-refractivity contribution is 5.88. The van der Waals surface area contributed by atoms with Crippen LogP contribution < -0.4 is 4.74 Å². The number of hydrogen-bond donors (Lipinski definition) is 1. The van der Waals surface area contributed by atoms with Gasteiger partial charge in [-0.05, 0) is 19.1 Å². The van der Waals surface area contributed by atoms with Crippen molar-refractivity contribution in [2.24, 2.45) is 0 Å². The molecule has 3 heteroatoms. The van der Waals surface area contributed by atoms with Gasteiger partial charge < -0.3 is 9.84 Å². The molecule has 1 N–H and O–H groups in total. The molecule has 0 radical (unpaired) electrons. The van der Waals surface area contributed by atoms with Crippen LogP contribution in [0.5, 0.6) is 11.5 Å². The van der Waals surface area contributed by atoms with Gasteiger partial charge in [0.2, 0.25) is 0 Å². The van der Waals surface area contributed by atoms with Crippen molar-refractivity contribution in [2.45, 2.75) is 6.92 Å². The Balaban J connectivity index is 2.16. The highest BCUT2D eigenvalue weighted by Gasteiger charge is 2.07. The summed E-state index contributed by atoms with van der Waals surface area (Å²) in [7, 11) is 0. The minimum absolute atomic E-state index is 0.233. The van der Waals surface area contributed by atoms with Gasteiger partial charge in [0.1, 0.15) is 11.5 Å². The lowest BCUT2D eigenvalue weighted by Gasteiger charge is -2.08. The normalized spacial score (nSPS) is 10.7. The molecule has 3 rings (SSSR count). The summed E-state index contributed by atoms with van der Waals surface area (Å²) in [6, 6.07) is 17.0. The van der Waals surface area contributed by atoms with E-state index in [1.807, 2.05) is 55.5 Å². The maximum atomic E-state index is 10.2. The van der Waals surface area contributed by atoms with E-state index in [4.69, 9.17) is 4.74 Å². The Morgan fingerprint density at radius 2 is 1.85 bits per heavy atom. The third-order valence-electron chi connectivity index (χ3n) is 3.14. The summed E-state index contributed by atoms with van der Waals surface area (Å²) in [6.07, 6.45) is 0. The molecule has 0 amide bonds. The molecular formula is C17H15NO2. The van der Waals surface area contributed by atoms with E-state index in [1.54, 1.807) is 6.07 Å². The average Bonchev–Trinajstić information content (AvgIpc) is 2.48. The largest absolute Gasteiger partial charge is 0.507 e. The van der Waals surface area contributed by atoms with Crippen LogP contribution in [0.4, 0.5) is 0 Å². The number of pyridine rings is 1. The van der Waals surface area contributed by atoms with Gasteiger partial charge in [-0.2, -0.15) is 0 Å². The third kappa shape index (κ3) is 2.30. The second-order valence-electron chi connectivity index (χ2n) is 4.50. The summed E-state index contributed by atoms with van der Waals surface area (Å²) in [5.74, 6) is 0.994. The Labute approximate surface area is 117 Å². The summed E-state index contributed by atoms with van der Waals surface area (Å²) in [6.45, 7) is 2.55. The summed E-state index contributed by atoms with van der Waals surface area (Å²) in [4.78, 5) is 4.61. The van der Waals surface area contributed by atoms with Crippen molar-refractivity contribution in [2.75, 3.05) is 6.61 Å². The SMILES string of the molecule is CCOc1ccc2c(O)cc(-c3ccccc3)nc2c1. The predicted octanol–water partition coefficient (Wildman–Crippen LogP) is 4.01. The Kier molecular flexibility index (Phi) is 3.25. The van der Waals surface area contributed by atoms with E-state index >= 15 is 0 Å². The fourth-order valence-corrected chi connectivity index (χ4v) is 2.20. The quantitative estimate of drug-likeness (QED) is 0.778. The van der Waals surface area contributed by atoms with Gasteiger partial charge in [0.15, 0.2) is 0 Å². The lowest BCUT2D eigenvalue weighted by Crippen LogP contribution is -1.92. The Hall–Kier alpha value is -2.55. The summed E-state index contributed by atoms with van der Waals surface area (Å²) >= 11 is 0. The standard InChI is InChI=1S/C17H15NO2/c1-2-20-13-8-9-14-16(10-13)18-15(11-17(14)19)12-6-4-3-5-7-12/h3-11H,2H2,1H3,(H,18,19). The minimum Gasteiger partial charge on any atom is -0.507 e. The van der Waals surface area contributed by atoms with Crippen molar-refractivity contribution < 1.29 is 9.84 Å². The van der Waals surface area contributed by atoms with E-state index in [-0.39, 0.29) is 5.75 Å². The summed E-state index contributed by atoms with van der Waals surface area (Å²) in [5, 5.41) is 10.9. The molecule has 0 fully saturated rings. The number of aromatic hydroxyl groups is 1. The van der Waals surface area contributed by atoms with E-state index < -0.39 is 0 Å². The van der Waals surface area contributed by atoms with Crippen LogP contribution in [0, 0.1) is 0 Å². The zero-order chi connectivity index (χ0) is 13.9. The predicted molar refractivity (Wildman–Crippen MR) is 80.0 cm³/mol. The van der Waals surface area contributed by atoms with Crippen molar-refractivity contribution in [3.05, 3.63) is 54.6 Å². The van der Waals surface area contributed by atoms with Gasteiger partial charge in [-0.15, -0.1) is 0 Å². The monoisotopic (exact) mass is 265 g/mol.